The van der Waals surface area contributed by atoms with Crippen LogP contribution in [0.4, 0.5) is 0 Å². The Kier molecular flexibility index (Phi) is 3.21. The van der Waals surface area contributed by atoms with E-state index in [2.05, 4.69) is 26.1 Å². The van der Waals surface area contributed by atoms with E-state index in [1.165, 1.54) is 0 Å². The molecule has 26 heavy (non-hydrogen) atoms. The number of fused-ring (bicyclic) bond motifs is 2. The van der Waals surface area contributed by atoms with Gasteiger partial charge in [-0.15, -0.1) is 0 Å². The van der Waals surface area contributed by atoms with Crippen molar-refractivity contribution in [2.75, 3.05) is 11.5 Å². The third-order valence-corrected chi connectivity index (χ3v) is 6.83. The molecule has 0 aromatic carbocycles. The summed E-state index contributed by atoms with van der Waals surface area (Å²) in [4.78, 5) is 12.1. The van der Waals surface area contributed by atoms with E-state index < -0.39 is 9.84 Å². The predicted octanol–water partition coefficient (Wildman–Crippen LogP) is 2.64. The summed E-state index contributed by atoms with van der Waals surface area (Å²) in [5.41, 5.74) is 4.65. The molecule has 0 radical (unpaired) electrons. The molecule has 0 saturated carbocycles. The minimum absolute atomic E-state index is 0.133. The molecule has 1 atom stereocenters. The van der Waals surface area contributed by atoms with E-state index in [4.69, 9.17) is 0 Å². The van der Waals surface area contributed by atoms with E-state index in [0.29, 0.717) is 6.42 Å². The van der Waals surface area contributed by atoms with Crippen molar-refractivity contribution in [1.82, 2.24) is 24.7 Å². The summed E-state index contributed by atoms with van der Waals surface area (Å²) in [6.45, 7) is 1.94. The Balaban J connectivity index is 1.64. The maximum absolute atomic E-state index is 11.8. The van der Waals surface area contributed by atoms with Crippen LogP contribution in [0.15, 0.2) is 36.9 Å². The first kappa shape index (κ1) is 15.5. The third kappa shape index (κ3) is 2.33. The Morgan fingerprint density at radius 2 is 2.15 bits per heavy atom. The molecule has 1 saturated heterocycles. The molecule has 4 aromatic heterocycles. The van der Waals surface area contributed by atoms with Crippen LogP contribution in [0.3, 0.4) is 0 Å². The Bertz CT molecular complexity index is 1260. The maximum atomic E-state index is 11.8. The fourth-order valence-electron chi connectivity index (χ4n) is 3.74. The lowest BCUT2D eigenvalue weighted by Gasteiger charge is -2.09. The number of sulfone groups is 1. The van der Waals surface area contributed by atoms with Gasteiger partial charge in [0.05, 0.1) is 23.2 Å². The van der Waals surface area contributed by atoms with Gasteiger partial charge in [-0.25, -0.2) is 18.1 Å². The number of aromatic nitrogens is 5. The molecule has 0 spiro atoms. The van der Waals surface area contributed by atoms with Crippen LogP contribution in [0.2, 0.25) is 0 Å². The Morgan fingerprint density at radius 3 is 2.96 bits per heavy atom. The SMILES string of the molecule is Cc1nn(C2CCS(=O)(=O)C2)c2ncc(-c3c[nH]c4ccncc34)cc12. The van der Waals surface area contributed by atoms with Crippen LogP contribution >= 0.6 is 0 Å². The zero-order chi connectivity index (χ0) is 17.9. The van der Waals surface area contributed by atoms with Crippen LogP contribution in [0, 0.1) is 6.92 Å². The molecule has 1 fully saturated rings. The van der Waals surface area contributed by atoms with Crippen molar-refractivity contribution >= 4 is 31.8 Å². The first-order valence-corrected chi connectivity index (χ1v) is 10.3. The van der Waals surface area contributed by atoms with E-state index in [1.54, 1.807) is 10.9 Å². The van der Waals surface area contributed by atoms with Crippen molar-refractivity contribution in [2.45, 2.75) is 19.4 Å². The summed E-state index contributed by atoms with van der Waals surface area (Å²) in [6.07, 6.45) is 7.96. The van der Waals surface area contributed by atoms with Crippen LogP contribution in [0.25, 0.3) is 33.1 Å². The topological polar surface area (TPSA) is 93.5 Å². The summed E-state index contributed by atoms with van der Waals surface area (Å²) < 4.78 is 25.4. The highest BCUT2D eigenvalue weighted by Crippen LogP contribution is 2.32. The van der Waals surface area contributed by atoms with Gasteiger partial charge in [-0.05, 0) is 25.5 Å². The van der Waals surface area contributed by atoms with Crippen LogP contribution in [-0.4, -0.2) is 44.7 Å². The van der Waals surface area contributed by atoms with Crippen molar-refractivity contribution in [3.63, 3.8) is 0 Å². The van der Waals surface area contributed by atoms with Gasteiger partial charge < -0.3 is 4.98 Å². The van der Waals surface area contributed by atoms with Crippen molar-refractivity contribution in [3.05, 3.63) is 42.6 Å². The van der Waals surface area contributed by atoms with Crippen LogP contribution in [0.5, 0.6) is 0 Å². The monoisotopic (exact) mass is 367 g/mol. The summed E-state index contributed by atoms with van der Waals surface area (Å²) >= 11 is 0. The molecule has 7 nitrogen and oxygen atoms in total. The van der Waals surface area contributed by atoms with E-state index in [-0.39, 0.29) is 17.5 Å². The number of pyridine rings is 2. The summed E-state index contributed by atoms with van der Waals surface area (Å²) in [5.74, 6) is 0.360. The predicted molar refractivity (Wildman–Crippen MR) is 99.7 cm³/mol. The molecule has 1 N–H and O–H groups in total. The minimum atomic E-state index is -2.97. The lowest BCUT2D eigenvalue weighted by atomic mass is 10.1. The first-order chi connectivity index (χ1) is 12.5. The number of nitrogens with zero attached hydrogens (tertiary/aromatic N) is 4. The fourth-order valence-corrected chi connectivity index (χ4v) is 5.43. The highest BCUT2D eigenvalue weighted by atomic mass is 32.2. The number of H-pyrrole nitrogens is 1. The molecule has 0 bridgehead atoms. The summed E-state index contributed by atoms with van der Waals surface area (Å²) in [6, 6.07) is 3.88. The van der Waals surface area contributed by atoms with Gasteiger partial charge >= 0.3 is 0 Å². The minimum Gasteiger partial charge on any atom is -0.360 e. The molecule has 0 aliphatic carbocycles. The molecule has 4 aromatic rings. The van der Waals surface area contributed by atoms with E-state index >= 15 is 0 Å². The van der Waals surface area contributed by atoms with Gasteiger partial charge in [0.15, 0.2) is 15.5 Å². The third-order valence-electron chi connectivity index (χ3n) is 5.08. The standard InChI is InChI=1S/C18H17N5O2S/c1-11-14-6-12(15-9-20-17-2-4-19-8-16(15)17)7-21-18(14)23(22-11)13-3-5-26(24,25)10-13/h2,4,6-9,13,20H,3,5,10H2,1H3. The molecular formula is C18H17N5O2S. The van der Waals surface area contributed by atoms with Gasteiger partial charge in [0.2, 0.25) is 0 Å². The molecule has 0 amide bonds. The van der Waals surface area contributed by atoms with Gasteiger partial charge in [-0.3, -0.25) is 4.98 Å². The zero-order valence-corrected chi connectivity index (χ0v) is 15.0. The fraction of sp³-hybridized carbons (Fsp3) is 0.278. The van der Waals surface area contributed by atoms with Crippen LogP contribution in [-0.2, 0) is 9.84 Å². The van der Waals surface area contributed by atoms with Crippen molar-refractivity contribution in [3.8, 4) is 11.1 Å². The molecule has 1 aliphatic rings. The van der Waals surface area contributed by atoms with Gasteiger partial charge in [-0.2, -0.15) is 5.10 Å². The Hall–Kier alpha value is -2.74. The molecular weight excluding hydrogens is 350 g/mol. The lowest BCUT2D eigenvalue weighted by Crippen LogP contribution is -2.13. The van der Waals surface area contributed by atoms with Gasteiger partial charge in [0.25, 0.3) is 0 Å². The van der Waals surface area contributed by atoms with Gasteiger partial charge in [0.1, 0.15) is 0 Å². The van der Waals surface area contributed by atoms with E-state index in [1.807, 2.05) is 31.6 Å². The molecule has 132 valence electrons. The average Bonchev–Trinajstić information content (AvgIpc) is 3.30. The second-order valence-electron chi connectivity index (χ2n) is 6.81. The number of rotatable bonds is 2. The quantitative estimate of drug-likeness (QED) is 0.588. The van der Waals surface area contributed by atoms with E-state index in [9.17, 15) is 8.42 Å². The van der Waals surface area contributed by atoms with Crippen LogP contribution in [0.1, 0.15) is 18.2 Å². The molecule has 1 aliphatic heterocycles. The number of hydrogen-bond acceptors (Lipinski definition) is 5. The Labute approximate surface area is 150 Å². The highest BCUT2D eigenvalue weighted by Gasteiger charge is 2.31. The molecule has 1 unspecified atom stereocenters. The van der Waals surface area contributed by atoms with Gasteiger partial charge in [0, 0.05) is 52.2 Å². The normalized spacial score (nSPS) is 19.5. The number of nitrogens with one attached hydrogen (secondary N) is 1. The molecule has 5 rings (SSSR count). The lowest BCUT2D eigenvalue weighted by molar-refractivity contribution is 0.509. The Morgan fingerprint density at radius 1 is 1.27 bits per heavy atom. The highest BCUT2D eigenvalue weighted by molar-refractivity contribution is 7.91. The number of hydrogen-bond donors (Lipinski definition) is 1. The first-order valence-electron chi connectivity index (χ1n) is 8.48. The van der Waals surface area contributed by atoms with Crippen molar-refractivity contribution < 1.29 is 8.42 Å². The van der Waals surface area contributed by atoms with E-state index in [0.717, 1.165) is 38.8 Å². The second kappa shape index (κ2) is 5.38. The average molecular weight is 367 g/mol. The summed E-state index contributed by atoms with van der Waals surface area (Å²) in [7, 11) is -2.97. The molecule has 5 heterocycles. The number of aromatic amines is 1. The largest absolute Gasteiger partial charge is 0.360 e. The molecule has 8 heteroatoms. The zero-order valence-electron chi connectivity index (χ0n) is 14.2. The number of aryl methyl sites for hydroxylation is 1. The second-order valence-corrected chi connectivity index (χ2v) is 9.03. The van der Waals surface area contributed by atoms with Crippen molar-refractivity contribution in [2.24, 2.45) is 0 Å². The van der Waals surface area contributed by atoms with Gasteiger partial charge in [-0.1, -0.05) is 0 Å². The van der Waals surface area contributed by atoms with Crippen LogP contribution < -0.4 is 0 Å². The maximum Gasteiger partial charge on any atom is 0.158 e. The van der Waals surface area contributed by atoms with Crippen molar-refractivity contribution in [1.29, 1.82) is 0 Å². The smallest absolute Gasteiger partial charge is 0.158 e. The summed E-state index contributed by atoms with van der Waals surface area (Å²) in [5, 5.41) is 6.58.